The minimum atomic E-state index is -0.518. The molecule has 2 fully saturated rings. The predicted molar refractivity (Wildman–Crippen MR) is 101 cm³/mol. The molecule has 7 nitrogen and oxygen atoms in total. The fourth-order valence-electron chi connectivity index (χ4n) is 3.56. The van der Waals surface area contributed by atoms with Gasteiger partial charge in [-0.05, 0) is 24.5 Å². The molecular weight excluding hydrogens is 370 g/mol. The van der Waals surface area contributed by atoms with Crippen LogP contribution in [-0.2, 0) is 20.8 Å². The van der Waals surface area contributed by atoms with E-state index in [4.69, 9.17) is 14.2 Å². The summed E-state index contributed by atoms with van der Waals surface area (Å²) in [7, 11) is 0. The first kappa shape index (κ1) is 20.7. The Balaban J connectivity index is 1.37. The number of nitrogens with zero attached hydrogens (tertiary/aromatic N) is 1. The highest BCUT2D eigenvalue weighted by Crippen LogP contribution is 2.32. The summed E-state index contributed by atoms with van der Waals surface area (Å²) in [5.41, 5.74) is 0. The zero-order valence-electron chi connectivity index (χ0n) is 15.7. The van der Waals surface area contributed by atoms with Crippen LogP contribution < -0.4 is 0 Å². The molecule has 3 unspecified atom stereocenters. The molecular formula is C19H29NO6S. The Bertz CT molecular complexity index is 603. The maximum atomic E-state index is 12.1. The highest BCUT2D eigenvalue weighted by molar-refractivity contribution is 7.13. The molecule has 2 N–H and O–H groups in total. The summed E-state index contributed by atoms with van der Waals surface area (Å²) in [4.78, 5) is 15.9. The lowest BCUT2D eigenvalue weighted by atomic mass is 9.97. The quantitative estimate of drug-likeness (QED) is 0.634. The summed E-state index contributed by atoms with van der Waals surface area (Å²) < 4.78 is 16.4. The average Bonchev–Trinajstić information content (AvgIpc) is 3.23. The van der Waals surface area contributed by atoms with Crippen LogP contribution >= 0.6 is 11.3 Å². The average molecular weight is 400 g/mol. The molecule has 1 aromatic heterocycles. The first-order valence-corrected chi connectivity index (χ1v) is 10.4. The van der Waals surface area contributed by atoms with E-state index in [1.54, 1.807) is 6.07 Å². The van der Waals surface area contributed by atoms with Gasteiger partial charge in [0, 0.05) is 30.4 Å². The molecule has 0 radical (unpaired) electrons. The van der Waals surface area contributed by atoms with E-state index in [0.29, 0.717) is 31.1 Å². The van der Waals surface area contributed by atoms with Crippen LogP contribution in [0.25, 0.3) is 0 Å². The normalized spacial score (nSPS) is 29.1. The van der Waals surface area contributed by atoms with Gasteiger partial charge in [0.05, 0.1) is 38.6 Å². The van der Waals surface area contributed by atoms with Crippen molar-refractivity contribution in [2.75, 3.05) is 46.1 Å². The van der Waals surface area contributed by atoms with Crippen LogP contribution in [0.2, 0.25) is 0 Å². The van der Waals surface area contributed by atoms with E-state index in [1.807, 2.05) is 13.0 Å². The van der Waals surface area contributed by atoms with Gasteiger partial charge in [0.1, 0.15) is 11.5 Å². The number of aliphatic hydroxyl groups excluding tert-OH is 2. The van der Waals surface area contributed by atoms with Crippen molar-refractivity contribution in [1.82, 2.24) is 4.90 Å². The van der Waals surface area contributed by atoms with Crippen molar-refractivity contribution >= 4 is 17.3 Å². The SMILES string of the molecule is CC1C(O)CC(O)[C@@H]1COCc1ccc(C(=O)OCCN2CCOCC2)s1. The second-order valence-corrected chi connectivity index (χ2v) is 8.43. The second kappa shape index (κ2) is 9.95. The summed E-state index contributed by atoms with van der Waals surface area (Å²) in [5, 5.41) is 19.8. The van der Waals surface area contributed by atoms with Crippen LogP contribution in [0.1, 0.15) is 27.9 Å². The summed E-state index contributed by atoms with van der Waals surface area (Å²) >= 11 is 1.37. The molecule has 27 heavy (non-hydrogen) atoms. The molecule has 0 bridgehead atoms. The maximum Gasteiger partial charge on any atom is 0.348 e. The summed E-state index contributed by atoms with van der Waals surface area (Å²) in [6.07, 6.45) is -0.571. The van der Waals surface area contributed by atoms with E-state index >= 15 is 0 Å². The monoisotopic (exact) mass is 399 g/mol. The summed E-state index contributed by atoms with van der Waals surface area (Å²) in [6, 6.07) is 3.63. The Morgan fingerprint density at radius 1 is 1.30 bits per heavy atom. The fourth-order valence-corrected chi connectivity index (χ4v) is 4.40. The van der Waals surface area contributed by atoms with Gasteiger partial charge in [0.15, 0.2) is 0 Å². The van der Waals surface area contributed by atoms with E-state index < -0.39 is 12.2 Å². The number of rotatable bonds is 8. The Labute approximate surface area is 163 Å². The van der Waals surface area contributed by atoms with Gasteiger partial charge in [0.25, 0.3) is 0 Å². The minimum Gasteiger partial charge on any atom is -0.460 e. The van der Waals surface area contributed by atoms with Crippen LogP contribution in [0.3, 0.4) is 0 Å². The van der Waals surface area contributed by atoms with Crippen LogP contribution in [-0.4, -0.2) is 79.4 Å². The lowest BCUT2D eigenvalue weighted by Crippen LogP contribution is -2.38. The number of thiophene rings is 1. The van der Waals surface area contributed by atoms with E-state index in [1.165, 1.54) is 11.3 Å². The summed E-state index contributed by atoms with van der Waals surface area (Å²) in [5.74, 6) is -0.326. The third kappa shape index (κ3) is 5.73. The van der Waals surface area contributed by atoms with Crippen molar-refractivity contribution in [2.45, 2.75) is 32.2 Å². The van der Waals surface area contributed by atoms with Crippen molar-refractivity contribution in [3.05, 3.63) is 21.9 Å². The number of aliphatic hydroxyl groups is 2. The van der Waals surface area contributed by atoms with Gasteiger partial charge in [-0.15, -0.1) is 11.3 Å². The van der Waals surface area contributed by atoms with Gasteiger partial charge in [-0.1, -0.05) is 6.92 Å². The van der Waals surface area contributed by atoms with E-state index in [-0.39, 0.29) is 17.8 Å². The maximum absolute atomic E-state index is 12.1. The Morgan fingerprint density at radius 2 is 2.07 bits per heavy atom. The van der Waals surface area contributed by atoms with Crippen LogP contribution in [0.15, 0.2) is 12.1 Å². The smallest absolute Gasteiger partial charge is 0.348 e. The number of esters is 1. The van der Waals surface area contributed by atoms with Gasteiger partial charge in [-0.25, -0.2) is 4.79 Å². The molecule has 1 aromatic rings. The van der Waals surface area contributed by atoms with E-state index in [2.05, 4.69) is 4.90 Å². The highest BCUT2D eigenvalue weighted by atomic mass is 32.1. The Kier molecular flexibility index (Phi) is 7.63. The topological polar surface area (TPSA) is 88.5 Å². The Hall–Kier alpha value is -1.03. The minimum absolute atomic E-state index is 0.0281. The number of carbonyl (C=O) groups is 1. The van der Waals surface area contributed by atoms with Crippen molar-refractivity contribution < 1.29 is 29.2 Å². The first-order valence-electron chi connectivity index (χ1n) is 9.54. The van der Waals surface area contributed by atoms with E-state index in [9.17, 15) is 15.0 Å². The Morgan fingerprint density at radius 3 is 2.78 bits per heavy atom. The van der Waals surface area contributed by atoms with Gasteiger partial charge in [-0.2, -0.15) is 0 Å². The highest BCUT2D eigenvalue weighted by Gasteiger charge is 2.38. The third-order valence-corrected chi connectivity index (χ3v) is 6.46. The molecule has 4 atom stereocenters. The molecule has 2 heterocycles. The molecule has 2 aliphatic rings. The number of hydrogen-bond donors (Lipinski definition) is 2. The molecule has 3 rings (SSSR count). The van der Waals surface area contributed by atoms with Gasteiger partial charge >= 0.3 is 5.97 Å². The zero-order chi connectivity index (χ0) is 19.2. The number of carbonyl (C=O) groups excluding carboxylic acids is 1. The zero-order valence-corrected chi connectivity index (χ0v) is 16.5. The number of ether oxygens (including phenoxy) is 3. The van der Waals surface area contributed by atoms with Gasteiger partial charge in [-0.3, -0.25) is 4.90 Å². The lowest BCUT2D eigenvalue weighted by molar-refractivity contribution is 0.0197. The summed E-state index contributed by atoms with van der Waals surface area (Å²) in [6.45, 7) is 7.05. The van der Waals surface area contributed by atoms with Crippen molar-refractivity contribution in [3.63, 3.8) is 0 Å². The molecule has 1 saturated heterocycles. The standard InChI is InChI=1S/C19H29NO6S/c1-13-15(17(22)10-16(13)21)12-25-11-14-2-3-18(27-14)19(23)26-9-6-20-4-7-24-8-5-20/h2-3,13,15-17,21-22H,4-12H2,1H3/t13?,15-,16?,17?/m1/s1. The van der Waals surface area contributed by atoms with Gasteiger partial charge in [0.2, 0.25) is 0 Å². The van der Waals surface area contributed by atoms with E-state index in [0.717, 1.165) is 37.7 Å². The third-order valence-electron chi connectivity index (χ3n) is 5.42. The first-order chi connectivity index (χ1) is 13.0. The van der Waals surface area contributed by atoms with Crippen LogP contribution in [0.4, 0.5) is 0 Å². The largest absolute Gasteiger partial charge is 0.460 e. The van der Waals surface area contributed by atoms with Crippen LogP contribution in [0, 0.1) is 11.8 Å². The molecule has 0 amide bonds. The second-order valence-electron chi connectivity index (χ2n) is 7.26. The van der Waals surface area contributed by atoms with Crippen molar-refractivity contribution in [2.24, 2.45) is 11.8 Å². The molecule has 0 spiro atoms. The van der Waals surface area contributed by atoms with Crippen molar-refractivity contribution in [3.8, 4) is 0 Å². The number of morpholine rings is 1. The fraction of sp³-hybridized carbons (Fsp3) is 0.737. The molecule has 1 saturated carbocycles. The molecule has 1 aliphatic heterocycles. The van der Waals surface area contributed by atoms with Gasteiger partial charge < -0.3 is 24.4 Å². The molecule has 1 aliphatic carbocycles. The number of hydrogen-bond acceptors (Lipinski definition) is 8. The van der Waals surface area contributed by atoms with Crippen molar-refractivity contribution in [1.29, 1.82) is 0 Å². The predicted octanol–water partition coefficient (Wildman–Crippen LogP) is 1.13. The lowest BCUT2D eigenvalue weighted by Gasteiger charge is -2.26. The molecule has 8 heteroatoms. The van der Waals surface area contributed by atoms with Crippen LogP contribution in [0.5, 0.6) is 0 Å². The molecule has 152 valence electrons. The molecule has 0 aromatic carbocycles.